The minimum atomic E-state index is 0.668. The topological polar surface area (TPSA) is 50.9 Å². The predicted octanol–water partition coefficient (Wildman–Crippen LogP) is 4.21. The van der Waals surface area contributed by atoms with Crippen LogP contribution in [0.1, 0.15) is 0 Å². The van der Waals surface area contributed by atoms with Crippen molar-refractivity contribution in [2.24, 2.45) is 0 Å². The molecule has 1 aromatic heterocycles. The molecule has 0 bridgehead atoms. The number of fused-ring (bicyclic) bond motifs is 1. The standard InChI is InChI=1S/C15H12ClN3/c16-12-3-1-2-4-14(12)19-15-8-5-10-9-11(17)6-7-13(10)18-15/h1-9H,17H2,(H,18,19). The molecule has 0 aliphatic carbocycles. The molecule has 4 heteroatoms. The third kappa shape index (κ3) is 2.46. The van der Waals surface area contributed by atoms with Crippen molar-refractivity contribution < 1.29 is 0 Å². The van der Waals surface area contributed by atoms with E-state index in [1.807, 2.05) is 54.6 Å². The van der Waals surface area contributed by atoms with E-state index in [4.69, 9.17) is 17.3 Å². The zero-order chi connectivity index (χ0) is 13.2. The third-order valence-electron chi connectivity index (χ3n) is 2.85. The highest BCUT2D eigenvalue weighted by Crippen LogP contribution is 2.25. The quantitative estimate of drug-likeness (QED) is 0.685. The van der Waals surface area contributed by atoms with Crippen molar-refractivity contribution in [2.75, 3.05) is 11.1 Å². The van der Waals surface area contributed by atoms with Crippen LogP contribution in [0.4, 0.5) is 17.2 Å². The lowest BCUT2D eigenvalue weighted by Gasteiger charge is -2.08. The first kappa shape index (κ1) is 11.8. The molecular formula is C15H12ClN3. The zero-order valence-corrected chi connectivity index (χ0v) is 10.9. The Balaban J connectivity index is 1.98. The van der Waals surface area contributed by atoms with E-state index in [0.29, 0.717) is 5.02 Å². The molecule has 19 heavy (non-hydrogen) atoms. The van der Waals surface area contributed by atoms with E-state index < -0.39 is 0 Å². The number of nitrogen functional groups attached to an aromatic ring is 1. The molecule has 3 rings (SSSR count). The Morgan fingerprint density at radius 1 is 1.00 bits per heavy atom. The maximum Gasteiger partial charge on any atom is 0.131 e. The molecule has 0 amide bonds. The van der Waals surface area contributed by atoms with Gasteiger partial charge >= 0.3 is 0 Å². The van der Waals surface area contributed by atoms with E-state index in [1.54, 1.807) is 0 Å². The summed E-state index contributed by atoms with van der Waals surface area (Å²) in [6.45, 7) is 0. The minimum Gasteiger partial charge on any atom is -0.399 e. The molecule has 0 saturated carbocycles. The highest BCUT2D eigenvalue weighted by Gasteiger charge is 2.02. The van der Waals surface area contributed by atoms with Gasteiger partial charge in [-0.1, -0.05) is 23.7 Å². The number of aromatic nitrogens is 1. The van der Waals surface area contributed by atoms with Gasteiger partial charge in [-0.3, -0.25) is 0 Å². The summed E-state index contributed by atoms with van der Waals surface area (Å²) in [6.07, 6.45) is 0. The molecular weight excluding hydrogens is 258 g/mol. The van der Waals surface area contributed by atoms with Gasteiger partial charge in [0.15, 0.2) is 0 Å². The number of anilines is 3. The Hall–Kier alpha value is -2.26. The number of nitrogens with one attached hydrogen (secondary N) is 1. The van der Waals surface area contributed by atoms with E-state index in [9.17, 15) is 0 Å². The summed E-state index contributed by atoms with van der Waals surface area (Å²) in [5.41, 5.74) is 8.22. The van der Waals surface area contributed by atoms with Gasteiger partial charge < -0.3 is 11.1 Å². The maximum absolute atomic E-state index is 6.11. The van der Waals surface area contributed by atoms with E-state index >= 15 is 0 Å². The third-order valence-corrected chi connectivity index (χ3v) is 3.18. The van der Waals surface area contributed by atoms with Crippen LogP contribution >= 0.6 is 11.6 Å². The largest absolute Gasteiger partial charge is 0.399 e. The first-order chi connectivity index (χ1) is 9.22. The Morgan fingerprint density at radius 3 is 2.68 bits per heavy atom. The minimum absolute atomic E-state index is 0.668. The fourth-order valence-electron chi connectivity index (χ4n) is 1.91. The van der Waals surface area contributed by atoms with Gasteiger partial charge in [-0.15, -0.1) is 0 Å². The van der Waals surface area contributed by atoms with Gasteiger partial charge in [0.05, 0.1) is 16.2 Å². The number of nitrogens with zero attached hydrogens (tertiary/aromatic N) is 1. The van der Waals surface area contributed by atoms with Crippen LogP contribution in [0.2, 0.25) is 5.02 Å². The SMILES string of the molecule is Nc1ccc2nc(Nc3ccccc3Cl)ccc2c1. The number of hydrogen-bond acceptors (Lipinski definition) is 3. The normalized spacial score (nSPS) is 10.6. The second kappa shape index (κ2) is 4.78. The lowest BCUT2D eigenvalue weighted by Crippen LogP contribution is -1.94. The van der Waals surface area contributed by atoms with Crippen LogP contribution < -0.4 is 11.1 Å². The molecule has 3 nitrogen and oxygen atoms in total. The van der Waals surface area contributed by atoms with Gasteiger partial charge in [-0.25, -0.2) is 4.98 Å². The average Bonchev–Trinajstić information content (AvgIpc) is 2.41. The van der Waals surface area contributed by atoms with Crippen LogP contribution in [-0.4, -0.2) is 4.98 Å². The molecule has 0 fully saturated rings. The molecule has 2 aromatic carbocycles. The zero-order valence-electron chi connectivity index (χ0n) is 10.1. The summed E-state index contributed by atoms with van der Waals surface area (Å²) in [7, 11) is 0. The number of hydrogen-bond donors (Lipinski definition) is 2. The van der Waals surface area contributed by atoms with Gasteiger partial charge in [0.2, 0.25) is 0 Å². The van der Waals surface area contributed by atoms with Crippen molar-refractivity contribution in [3.63, 3.8) is 0 Å². The summed E-state index contributed by atoms with van der Waals surface area (Å²) in [5.74, 6) is 0.755. The number of halogens is 1. The van der Waals surface area contributed by atoms with Crippen molar-refractivity contribution >= 4 is 39.7 Å². The fourth-order valence-corrected chi connectivity index (χ4v) is 2.10. The number of benzene rings is 2. The molecule has 3 aromatic rings. The van der Waals surface area contributed by atoms with Crippen LogP contribution in [-0.2, 0) is 0 Å². The first-order valence-electron chi connectivity index (χ1n) is 5.90. The number of rotatable bonds is 2. The average molecular weight is 270 g/mol. The Labute approximate surface area is 116 Å². The van der Waals surface area contributed by atoms with Crippen LogP contribution in [0.15, 0.2) is 54.6 Å². The van der Waals surface area contributed by atoms with Crippen molar-refractivity contribution in [3.05, 3.63) is 59.6 Å². The Kier molecular flexibility index (Phi) is 2.97. The summed E-state index contributed by atoms with van der Waals surface area (Å²) in [5, 5.41) is 4.89. The van der Waals surface area contributed by atoms with E-state index in [-0.39, 0.29) is 0 Å². The van der Waals surface area contributed by atoms with E-state index in [2.05, 4.69) is 10.3 Å². The monoisotopic (exact) mass is 269 g/mol. The Morgan fingerprint density at radius 2 is 1.84 bits per heavy atom. The molecule has 0 unspecified atom stereocenters. The second-order valence-corrected chi connectivity index (χ2v) is 4.66. The highest BCUT2D eigenvalue weighted by atomic mass is 35.5. The molecule has 0 spiro atoms. The smallest absolute Gasteiger partial charge is 0.131 e. The molecule has 94 valence electrons. The Bertz CT molecular complexity index is 740. The highest BCUT2D eigenvalue weighted by molar-refractivity contribution is 6.33. The van der Waals surface area contributed by atoms with Crippen molar-refractivity contribution in [3.8, 4) is 0 Å². The second-order valence-electron chi connectivity index (χ2n) is 4.25. The lowest BCUT2D eigenvalue weighted by molar-refractivity contribution is 1.37. The number of nitrogens with two attached hydrogens (primary N) is 1. The summed E-state index contributed by atoms with van der Waals surface area (Å²) >= 11 is 6.11. The molecule has 0 saturated heterocycles. The van der Waals surface area contributed by atoms with Gasteiger partial charge in [0.25, 0.3) is 0 Å². The molecule has 0 radical (unpaired) electrons. The van der Waals surface area contributed by atoms with E-state index in [0.717, 1.165) is 28.1 Å². The fraction of sp³-hybridized carbons (Fsp3) is 0. The van der Waals surface area contributed by atoms with Crippen LogP contribution in [0, 0.1) is 0 Å². The molecule has 0 atom stereocenters. The van der Waals surface area contributed by atoms with Crippen LogP contribution in [0.3, 0.4) is 0 Å². The van der Waals surface area contributed by atoms with Gasteiger partial charge in [0.1, 0.15) is 5.82 Å². The van der Waals surface area contributed by atoms with Gasteiger partial charge in [0, 0.05) is 11.1 Å². The van der Waals surface area contributed by atoms with Crippen molar-refractivity contribution in [1.29, 1.82) is 0 Å². The summed E-state index contributed by atoms with van der Waals surface area (Å²) < 4.78 is 0. The lowest BCUT2D eigenvalue weighted by atomic mass is 10.2. The summed E-state index contributed by atoms with van der Waals surface area (Å²) in [4.78, 5) is 4.53. The van der Waals surface area contributed by atoms with Gasteiger partial charge in [-0.05, 0) is 42.5 Å². The van der Waals surface area contributed by atoms with Crippen LogP contribution in [0.25, 0.3) is 10.9 Å². The van der Waals surface area contributed by atoms with Crippen molar-refractivity contribution in [1.82, 2.24) is 4.98 Å². The first-order valence-corrected chi connectivity index (χ1v) is 6.28. The van der Waals surface area contributed by atoms with Crippen molar-refractivity contribution in [2.45, 2.75) is 0 Å². The maximum atomic E-state index is 6.11. The van der Waals surface area contributed by atoms with E-state index in [1.165, 1.54) is 0 Å². The molecule has 1 heterocycles. The molecule has 0 aliphatic heterocycles. The summed E-state index contributed by atoms with van der Waals surface area (Å²) in [6, 6.07) is 17.1. The van der Waals surface area contributed by atoms with Gasteiger partial charge in [-0.2, -0.15) is 0 Å². The predicted molar refractivity (Wildman–Crippen MR) is 80.9 cm³/mol. The van der Waals surface area contributed by atoms with Crippen LogP contribution in [0.5, 0.6) is 0 Å². The number of para-hydroxylation sites is 1. The molecule has 3 N–H and O–H groups in total. The number of pyridine rings is 1. The molecule has 0 aliphatic rings.